The SMILES string of the molecule is [2H]c1c([2H])c([2H])c(-c2c([2H])c(-c3cc4c5c(c3)n(-c3cccc(Oc6ccc7c8ccccc8n(-c8cc(C(C)(C)C)ccn8)c7c6)c3)[c-][n+]5-c3c(-c5cc(C(C)(C)C)cc(C(C)(C)C)c5)cc(C(C)(C)C)cc3-c3cc5c(cc3-c3ccccc3-4)C(C)(C)CCC5(C)C)c([2H])c(-c3c([2H])c([2H])c([2H])c([2H])c3[2H])c2[2H])c([2H])c1[2H]. The number of aromatic nitrogens is 4. The van der Waals surface area contributed by atoms with Crippen molar-refractivity contribution in [3.05, 3.63) is 282 Å². The maximum absolute atomic E-state index is 10.7. The number of pyridine rings is 1. The molecule has 2 aliphatic rings. The van der Waals surface area contributed by atoms with Crippen LogP contribution in [-0.2, 0) is 32.5 Å². The molecular weight excluding hydrogens is 1230 g/mol. The van der Waals surface area contributed by atoms with E-state index in [1.54, 1.807) is 0 Å². The monoisotopic (exact) mass is 1330 g/mol. The summed E-state index contributed by atoms with van der Waals surface area (Å²) in [5, 5.41) is 2.07. The number of nitrogens with zero attached hydrogens (tertiary/aromatic N) is 4. The quantitative estimate of drug-likeness (QED) is 0.112. The Labute approximate surface area is 616 Å². The predicted octanol–water partition coefficient (Wildman–Crippen LogP) is 25.5. The zero-order valence-corrected chi connectivity index (χ0v) is 60.7. The van der Waals surface area contributed by atoms with Crippen LogP contribution in [0.25, 0.3) is 128 Å². The molecule has 502 valence electrons. The first-order chi connectivity index (χ1) is 53.5. The van der Waals surface area contributed by atoms with Crippen LogP contribution in [0, 0.1) is 6.33 Å². The summed E-state index contributed by atoms with van der Waals surface area (Å²) in [4.78, 5) is 4.97. The van der Waals surface area contributed by atoms with E-state index in [9.17, 15) is 9.60 Å². The summed E-state index contributed by atoms with van der Waals surface area (Å²) in [5.74, 6) is 1.79. The first-order valence-corrected chi connectivity index (χ1v) is 35.2. The van der Waals surface area contributed by atoms with Crippen LogP contribution in [0.1, 0.15) is 175 Å². The van der Waals surface area contributed by atoms with Crippen molar-refractivity contribution in [1.82, 2.24) is 14.1 Å². The predicted molar refractivity (Wildman–Crippen MR) is 424 cm³/mol. The lowest BCUT2D eigenvalue weighted by Crippen LogP contribution is -2.34. The molecule has 101 heavy (non-hydrogen) atoms. The number of hydrogen-bond donors (Lipinski definition) is 0. The molecule has 0 saturated carbocycles. The zero-order chi connectivity index (χ0) is 81.8. The van der Waals surface area contributed by atoms with Crippen LogP contribution < -0.4 is 9.30 Å². The molecule has 0 unspecified atom stereocenters. The van der Waals surface area contributed by atoms with E-state index in [4.69, 9.17) is 17.9 Å². The molecule has 5 heteroatoms. The van der Waals surface area contributed by atoms with Crippen molar-refractivity contribution in [2.24, 2.45) is 0 Å². The van der Waals surface area contributed by atoms with Crippen LogP contribution in [0.3, 0.4) is 0 Å². The van der Waals surface area contributed by atoms with E-state index in [-0.39, 0.29) is 38.2 Å². The number of benzene rings is 11. The Morgan fingerprint density at radius 1 is 0.416 bits per heavy atom. The van der Waals surface area contributed by atoms with Gasteiger partial charge in [-0.2, -0.15) is 0 Å². The Morgan fingerprint density at radius 2 is 0.950 bits per heavy atom. The van der Waals surface area contributed by atoms with E-state index in [1.807, 2.05) is 83.6 Å². The largest absolute Gasteiger partial charge is 0.458 e. The normalized spacial score (nSPS) is 16.0. The fourth-order valence-electron chi connectivity index (χ4n) is 15.0. The van der Waals surface area contributed by atoms with Gasteiger partial charge in [-0.05, 0) is 235 Å². The van der Waals surface area contributed by atoms with Crippen molar-refractivity contribution < 1.29 is 27.1 Å². The zero-order valence-electron chi connectivity index (χ0n) is 73.7. The molecule has 0 saturated heterocycles. The molecule has 14 aromatic rings. The van der Waals surface area contributed by atoms with E-state index >= 15 is 0 Å². The highest BCUT2D eigenvalue weighted by atomic mass is 16.5. The molecule has 0 amide bonds. The van der Waals surface area contributed by atoms with E-state index in [0.717, 1.165) is 107 Å². The minimum atomic E-state index is -0.744. The van der Waals surface area contributed by atoms with Gasteiger partial charge in [-0.25, -0.2) is 4.98 Å². The molecule has 1 aliphatic carbocycles. The van der Waals surface area contributed by atoms with Crippen LogP contribution in [-0.4, -0.2) is 14.1 Å². The second kappa shape index (κ2) is 23.6. The molecular formula is C96H92N4O. The number of ether oxygens (including phenoxy) is 1. The smallest absolute Gasteiger partial charge is 0.269 e. The number of fused-ring (bicyclic) bond motifs is 11. The fraction of sp³-hybridized carbons (Fsp3) is 0.250. The maximum atomic E-state index is 10.7. The van der Waals surface area contributed by atoms with Crippen LogP contribution in [0.15, 0.2) is 242 Å². The molecule has 0 N–H and O–H groups in total. The van der Waals surface area contributed by atoms with Gasteiger partial charge in [-0.1, -0.05) is 262 Å². The number of imidazole rings is 1. The lowest BCUT2D eigenvalue weighted by Gasteiger charge is -2.42. The minimum absolute atomic E-state index is 0.152. The topological polar surface area (TPSA) is 35.9 Å². The number of rotatable bonds is 8. The summed E-state index contributed by atoms with van der Waals surface area (Å²) in [6, 6.07) is 45.8. The molecule has 0 radical (unpaired) electrons. The van der Waals surface area contributed by atoms with Gasteiger partial charge in [-0.15, -0.1) is 0 Å². The first-order valence-electron chi connectivity index (χ1n) is 41.7. The average molecular weight is 1330 g/mol. The van der Waals surface area contributed by atoms with Crippen molar-refractivity contribution in [2.75, 3.05) is 0 Å². The van der Waals surface area contributed by atoms with Crippen molar-refractivity contribution >= 4 is 32.8 Å². The van der Waals surface area contributed by atoms with Gasteiger partial charge in [-0.3, -0.25) is 13.7 Å². The Bertz CT molecular complexity index is 6300. The van der Waals surface area contributed by atoms with Crippen molar-refractivity contribution in [3.63, 3.8) is 0 Å². The molecule has 16 rings (SSSR count). The molecule has 0 fully saturated rings. The van der Waals surface area contributed by atoms with E-state index in [2.05, 4.69) is 211 Å². The molecule has 1 aliphatic heterocycles. The van der Waals surface area contributed by atoms with Gasteiger partial charge in [0.1, 0.15) is 17.3 Å². The van der Waals surface area contributed by atoms with Gasteiger partial charge in [0.2, 0.25) is 0 Å². The van der Waals surface area contributed by atoms with Gasteiger partial charge in [0.25, 0.3) is 6.33 Å². The third-order valence-corrected chi connectivity index (χ3v) is 21.1. The standard InChI is InChI=1S/C96H92N4O/c1-91(2,3)67-40-43-97-88(54-67)100-85-37-26-25-36-76(85)77-39-38-73(56-86(77)100)101-72-33-27-32-71(55-72)98-59-99-89-78(66-47-68(92(4,5)6)51-69(48-66)93(7,8)9)52-70(94(10,11)12)53-82(89)80-58-84-83(95(13,14)41-42-96(84,15)16)57-79(80)74-34-23-24-35-75(74)81-49-65(50-87(98)90(81)99)64-45-62(60-28-19-17-20-29-60)44-63(46-64)61-30-21-18-22-31-61/h17-40,43-58H,41-42H2,1-16H3/i17D,18D,19D,20D,21D,22D,28D,29D,30D,31D,44D,45D,46D. The first kappa shape index (κ1) is 51.7. The van der Waals surface area contributed by atoms with E-state index in [0.29, 0.717) is 33.8 Å². The summed E-state index contributed by atoms with van der Waals surface area (Å²) in [5.41, 5.74) is 14.8. The summed E-state index contributed by atoms with van der Waals surface area (Å²) in [6.07, 6.45) is 7.83. The van der Waals surface area contributed by atoms with Gasteiger partial charge in [0, 0.05) is 23.0 Å². The number of para-hydroxylation sites is 1. The van der Waals surface area contributed by atoms with Crippen molar-refractivity contribution in [3.8, 4) is 107 Å². The summed E-state index contributed by atoms with van der Waals surface area (Å²) < 4.78 is 136. The second-order valence-corrected chi connectivity index (χ2v) is 33.2. The molecule has 0 atom stereocenters. The molecule has 3 aromatic heterocycles. The van der Waals surface area contributed by atoms with Crippen LogP contribution in [0.5, 0.6) is 11.5 Å². The lowest BCUT2D eigenvalue weighted by molar-refractivity contribution is -0.570. The summed E-state index contributed by atoms with van der Waals surface area (Å²) >= 11 is 0. The Kier molecular flexibility index (Phi) is 12.1. The molecule has 0 spiro atoms. The van der Waals surface area contributed by atoms with E-state index in [1.165, 1.54) is 11.1 Å². The van der Waals surface area contributed by atoms with Gasteiger partial charge in [0.05, 0.1) is 51.3 Å². The summed E-state index contributed by atoms with van der Waals surface area (Å²) in [6.45, 7) is 36.2. The highest BCUT2D eigenvalue weighted by Gasteiger charge is 2.40. The molecule has 5 nitrogen and oxygen atoms in total. The Hall–Kier alpha value is -10.4. The average Bonchev–Trinajstić information content (AvgIpc) is 1.38. The van der Waals surface area contributed by atoms with Gasteiger partial charge >= 0.3 is 0 Å². The highest BCUT2D eigenvalue weighted by molar-refractivity contribution is 6.10. The van der Waals surface area contributed by atoms with E-state index < -0.39 is 106 Å². The van der Waals surface area contributed by atoms with Crippen LogP contribution >= 0.6 is 0 Å². The maximum Gasteiger partial charge on any atom is 0.269 e. The molecule has 0 bridgehead atoms. The lowest BCUT2D eigenvalue weighted by atomic mass is 9.62. The molecule has 4 heterocycles. The third kappa shape index (κ3) is 11.6. The minimum Gasteiger partial charge on any atom is -0.458 e. The third-order valence-electron chi connectivity index (χ3n) is 21.1. The van der Waals surface area contributed by atoms with Gasteiger partial charge < -0.3 is 4.74 Å². The Balaban J connectivity index is 1.08. The fourth-order valence-corrected chi connectivity index (χ4v) is 15.0. The second-order valence-electron chi connectivity index (χ2n) is 33.2. The highest BCUT2D eigenvalue weighted by Crippen LogP contribution is 2.54. The van der Waals surface area contributed by atoms with Crippen LogP contribution in [0.4, 0.5) is 0 Å². The summed E-state index contributed by atoms with van der Waals surface area (Å²) in [7, 11) is 0. The number of hydrogen-bond acceptors (Lipinski definition) is 2. The van der Waals surface area contributed by atoms with Crippen molar-refractivity contribution in [1.29, 1.82) is 0 Å². The molecule has 11 aromatic carbocycles. The van der Waals surface area contributed by atoms with Crippen molar-refractivity contribution in [2.45, 2.75) is 156 Å². The Morgan fingerprint density at radius 3 is 1.56 bits per heavy atom. The van der Waals surface area contributed by atoms with Crippen LogP contribution in [0.2, 0.25) is 0 Å². The van der Waals surface area contributed by atoms with Gasteiger partial charge in [0.15, 0.2) is 0 Å².